The van der Waals surface area contributed by atoms with Crippen molar-refractivity contribution in [1.29, 1.82) is 0 Å². The fourth-order valence-corrected chi connectivity index (χ4v) is 2.33. The average molecular weight is 285 g/mol. The van der Waals surface area contributed by atoms with E-state index in [0.29, 0.717) is 45.3 Å². The van der Waals surface area contributed by atoms with Crippen LogP contribution in [-0.4, -0.2) is 66.7 Å². The molecule has 3 amide bonds. The van der Waals surface area contributed by atoms with Crippen LogP contribution in [-0.2, 0) is 4.79 Å². The molecule has 6 heteroatoms. The summed E-state index contributed by atoms with van der Waals surface area (Å²) in [6.07, 6.45) is 2.39. The van der Waals surface area contributed by atoms with Crippen molar-refractivity contribution in [3.8, 4) is 0 Å². The van der Waals surface area contributed by atoms with Crippen molar-refractivity contribution in [1.82, 2.24) is 15.1 Å². The van der Waals surface area contributed by atoms with Crippen molar-refractivity contribution >= 4 is 11.9 Å². The fourth-order valence-electron chi connectivity index (χ4n) is 2.33. The van der Waals surface area contributed by atoms with Gasteiger partial charge in [0.1, 0.15) is 0 Å². The van der Waals surface area contributed by atoms with Crippen molar-refractivity contribution < 1.29 is 14.7 Å². The lowest BCUT2D eigenvalue weighted by molar-refractivity contribution is -0.126. The number of aliphatic hydroxyl groups excluding tert-OH is 1. The van der Waals surface area contributed by atoms with Crippen molar-refractivity contribution in [2.75, 3.05) is 33.7 Å². The second-order valence-electron chi connectivity index (χ2n) is 5.58. The molecule has 20 heavy (non-hydrogen) atoms. The molecular weight excluding hydrogens is 258 g/mol. The van der Waals surface area contributed by atoms with Crippen LogP contribution in [0.25, 0.3) is 0 Å². The zero-order valence-electron chi connectivity index (χ0n) is 12.8. The first kappa shape index (κ1) is 16.8. The summed E-state index contributed by atoms with van der Waals surface area (Å²) >= 11 is 0. The number of carbonyl (C=O) groups is 2. The monoisotopic (exact) mass is 285 g/mol. The Labute approximate surface area is 121 Å². The Balaban J connectivity index is 2.27. The number of hydrogen-bond acceptors (Lipinski definition) is 3. The number of nitrogens with one attached hydrogen (secondary N) is 1. The Kier molecular flexibility index (Phi) is 6.78. The third kappa shape index (κ3) is 5.00. The van der Waals surface area contributed by atoms with Gasteiger partial charge in [-0.2, -0.15) is 0 Å². The molecule has 1 unspecified atom stereocenters. The molecule has 1 heterocycles. The van der Waals surface area contributed by atoms with E-state index in [9.17, 15) is 14.7 Å². The van der Waals surface area contributed by atoms with E-state index in [4.69, 9.17) is 0 Å². The quantitative estimate of drug-likeness (QED) is 0.779. The van der Waals surface area contributed by atoms with Crippen LogP contribution in [0.3, 0.4) is 0 Å². The molecule has 2 N–H and O–H groups in total. The van der Waals surface area contributed by atoms with Gasteiger partial charge in [0.15, 0.2) is 0 Å². The van der Waals surface area contributed by atoms with Gasteiger partial charge in [-0.3, -0.25) is 4.79 Å². The Hall–Kier alpha value is -1.30. The van der Waals surface area contributed by atoms with Gasteiger partial charge in [-0.15, -0.1) is 0 Å². The van der Waals surface area contributed by atoms with E-state index in [2.05, 4.69) is 5.32 Å². The lowest BCUT2D eigenvalue weighted by Gasteiger charge is -2.33. The van der Waals surface area contributed by atoms with Gasteiger partial charge in [0, 0.05) is 39.6 Å². The van der Waals surface area contributed by atoms with E-state index >= 15 is 0 Å². The fraction of sp³-hybridized carbons (Fsp3) is 0.857. The Morgan fingerprint density at radius 1 is 1.35 bits per heavy atom. The minimum atomic E-state index is -0.338. The molecule has 0 spiro atoms. The van der Waals surface area contributed by atoms with Gasteiger partial charge in [0.05, 0.1) is 6.10 Å². The number of rotatable bonds is 5. The van der Waals surface area contributed by atoms with Crippen LogP contribution in [0.4, 0.5) is 4.79 Å². The smallest absolute Gasteiger partial charge is 0.319 e. The summed E-state index contributed by atoms with van der Waals surface area (Å²) < 4.78 is 0. The summed E-state index contributed by atoms with van der Waals surface area (Å²) in [6, 6.07) is 0.00919. The van der Waals surface area contributed by atoms with E-state index in [1.807, 2.05) is 6.92 Å². The standard InChI is InChI=1S/C14H27N3O3/c1-4-12(18)5-8-15-13(19)11-6-9-17(10-7-11)14(20)16(2)3/h11-12,18H,4-10H2,1-3H3,(H,15,19). The maximum absolute atomic E-state index is 12.0. The van der Waals surface area contributed by atoms with Crippen LogP contribution in [0.1, 0.15) is 32.6 Å². The first-order chi connectivity index (χ1) is 9.45. The molecule has 0 aromatic carbocycles. The number of piperidine rings is 1. The molecule has 1 aliphatic heterocycles. The first-order valence-electron chi connectivity index (χ1n) is 7.37. The van der Waals surface area contributed by atoms with Crippen molar-refractivity contribution in [2.24, 2.45) is 5.92 Å². The molecule has 1 aliphatic rings. The highest BCUT2D eigenvalue weighted by Gasteiger charge is 2.27. The molecule has 1 fully saturated rings. The Morgan fingerprint density at radius 2 is 1.95 bits per heavy atom. The number of hydrogen-bond donors (Lipinski definition) is 2. The summed E-state index contributed by atoms with van der Waals surface area (Å²) in [5, 5.41) is 12.3. The highest BCUT2D eigenvalue weighted by Crippen LogP contribution is 2.18. The number of carbonyl (C=O) groups excluding carboxylic acids is 2. The van der Waals surface area contributed by atoms with Crippen LogP contribution >= 0.6 is 0 Å². The molecule has 0 bridgehead atoms. The van der Waals surface area contributed by atoms with E-state index in [0.717, 1.165) is 0 Å². The lowest BCUT2D eigenvalue weighted by Crippen LogP contribution is -2.46. The van der Waals surface area contributed by atoms with Crippen molar-refractivity contribution in [2.45, 2.75) is 38.7 Å². The van der Waals surface area contributed by atoms with Gasteiger partial charge in [-0.05, 0) is 25.7 Å². The Morgan fingerprint density at radius 3 is 2.45 bits per heavy atom. The van der Waals surface area contributed by atoms with Crippen LogP contribution in [0.5, 0.6) is 0 Å². The highest BCUT2D eigenvalue weighted by molar-refractivity contribution is 5.79. The number of urea groups is 1. The van der Waals surface area contributed by atoms with Crippen LogP contribution in [0.15, 0.2) is 0 Å². The predicted octanol–water partition coefficient (Wildman–Crippen LogP) is 0.657. The lowest BCUT2D eigenvalue weighted by atomic mass is 9.96. The second kappa shape index (κ2) is 8.09. The van der Waals surface area contributed by atoms with Gasteiger partial charge in [-0.25, -0.2) is 4.79 Å². The van der Waals surface area contributed by atoms with Gasteiger partial charge < -0.3 is 20.2 Å². The molecular formula is C14H27N3O3. The molecule has 0 aliphatic carbocycles. The van der Waals surface area contributed by atoms with Crippen LogP contribution in [0, 0.1) is 5.92 Å². The molecule has 0 aromatic heterocycles. The van der Waals surface area contributed by atoms with Gasteiger partial charge in [-0.1, -0.05) is 6.92 Å². The van der Waals surface area contributed by atoms with Crippen molar-refractivity contribution in [3.05, 3.63) is 0 Å². The highest BCUT2D eigenvalue weighted by atomic mass is 16.3. The largest absolute Gasteiger partial charge is 0.393 e. The first-order valence-corrected chi connectivity index (χ1v) is 7.37. The third-order valence-corrected chi connectivity index (χ3v) is 3.77. The topological polar surface area (TPSA) is 72.9 Å². The maximum Gasteiger partial charge on any atom is 0.319 e. The predicted molar refractivity (Wildman–Crippen MR) is 77.3 cm³/mol. The Bertz CT molecular complexity index is 326. The summed E-state index contributed by atoms with van der Waals surface area (Å²) in [5.41, 5.74) is 0. The van der Waals surface area contributed by atoms with Crippen molar-refractivity contribution in [3.63, 3.8) is 0 Å². The summed E-state index contributed by atoms with van der Waals surface area (Å²) in [6.45, 7) is 3.70. The second-order valence-corrected chi connectivity index (χ2v) is 5.58. The van der Waals surface area contributed by atoms with Gasteiger partial charge in [0.2, 0.25) is 5.91 Å². The molecule has 0 aromatic rings. The third-order valence-electron chi connectivity index (χ3n) is 3.77. The SMILES string of the molecule is CCC(O)CCNC(=O)C1CCN(C(=O)N(C)C)CC1. The molecule has 0 saturated carbocycles. The molecule has 116 valence electrons. The van der Waals surface area contributed by atoms with Gasteiger partial charge >= 0.3 is 6.03 Å². The van der Waals surface area contributed by atoms with Crippen LogP contribution in [0.2, 0.25) is 0 Å². The summed E-state index contributed by atoms with van der Waals surface area (Å²) in [5.74, 6) is 0.0326. The number of aliphatic hydroxyl groups is 1. The number of amides is 3. The normalized spacial score (nSPS) is 17.7. The van der Waals surface area contributed by atoms with E-state index in [-0.39, 0.29) is 24.0 Å². The average Bonchev–Trinajstić information content (AvgIpc) is 2.46. The van der Waals surface area contributed by atoms with E-state index in [1.165, 1.54) is 0 Å². The van der Waals surface area contributed by atoms with Gasteiger partial charge in [0.25, 0.3) is 0 Å². The van der Waals surface area contributed by atoms with E-state index in [1.54, 1.807) is 23.9 Å². The zero-order valence-corrected chi connectivity index (χ0v) is 12.8. The molecule has 1 rings (SSSR count). The molecule has 6 nitrogen and oxygen atoms in total. The minimum absolute atomic E-state index is 0.00919. The summed E-state index contributed by atoms with van der Waals surface area (Å²) in [4.78, 5) is 27.1. The maximum atomic E-state index is 12.0. The van der Waals surface area contributed by atoms with E-state index < -0.39 is 0 Å². The summed E-state index contributed by atoms with van der Waals surface area (Å²) in [7, 11) is 3.47. The zero-order chi connectivity index (χ0) is 15.1. The molecule has 0 radical (unpaired) electrons. The minimum Gasteiger partial charge on any atom is -0.393 e. The molecule has 1 saturated heterocycles. The van der Waals surface area contributed by atoms with Crippen LogP contribution < -0.4 is 5.32 Å². The molecule has 1 atom stereocenters. The number of likely N-dealkylation sites (tertiary alicyclic amines) is 1. The number of nitrogens with zero attached hydrogens (tertiary/aromatic N) is 2.